The highest BCUT2D eigenvalue weighted by Crippen LogP contribution is 2.29. The summed E-state index contributed by atoms with van der Waals surface area (Å²) >= 11 is 0. The van der Waals surface area contributed by atoms with E-state index in [1.165, 1.54) is 6.07 Å². The molecule has 0 saturated carbocycles. The minimum Gasteiger partial charge on any atom is -0.477 e. The number of hydrogen-bond acceptors (Lipinski definition) is 3. The number of nitrogens with zero attached hydrogens (tertiary/aromatic N) is 3. The van der Waals surface area contributed by atoms with Gasteiger partial charge in [0.15, 0.2) is 0 Å². The zero-order valence-corrected chi connectivity index (χ0v) is 13.1. The lowest BCUT2D eigenvalue weighted by molar-refractivity contribution is -0.137. The van der Waals surface area contributed by atoms with E-state index >= 15 is 0 Å². The van der Waals surface area contributed by atoms with Crippen molar-refractivity contribution in [1.82, 2.24) is 14.8 Å². The second kappa shape index (κ2) is 7.06. The quantitative estimate of drug-likeness (QED) is 0.855. The minimum absolute atomic E-state index is 0.00576. The van der Waals surface area contributed by atoms with Crippen LogP contribution in [-0.2, 0) is 6.18 Å². The first kappa shape index (κ1) is 17.4. The Morgan fingerprint density at radius 2 is 2.00 bits per heavy atom. The number of alkyl halides is 3. The van der Waals surface area contributed by atoms with Crippen molar-refractivity contribution in [1.29, 1.82) is 0 Å². The normalized spacial score (nSPS) is 16.3. The molecule has 23 heavy (non-hydrogen) atoms. The molecule has 2 rings (SSSR count). The van der Waals surface area contributed by atoms with Crippen molar-refractivity contribution in [3.63, 3.8) is 0 Å². The number of rotatable bonds is 3. The number of ether oxygens (including phenoxy) is 1. The first-order valence-corrected chi connectivity index (χ1v) is 7.39. The Balaban J connectivity index is 1.78. The van der Waals surface area contributed by atoms with Crippen LogP contribution in [0.15, 0.2) is 18.3 Å². The van der Waals surface area contributed by atoms with Gasteiger partial charge in [0.2, 0.25) is 5.88 Å². The molecule has 0 N–H and O–H groups in total. The molecule has 0 radical (unpaired) electrons. The number of carbonyl (C=O) groups is 1. The molecule has 1 aliphatic heterocycles. The SMILES string of the molecule is CN(C)C(=O)N1CCC(COc2ccc(C(F)(F)F)cn2)CC1. The van der Waals surface area contributed by atoms with E-state index in [-0.39, 0.29) is 17.8 Å². The van der Waals surface area contributed by atoms with Gasteiger partial charge in [0, 0.05) is 39.4 Å². The molecule has 0 aromatic carbocycles. The van der Waals surface area contributed by atoms with Gasteiger partial charge in [-0.25, -0.2) is 9.78 Å². The van der Waals surface area contributed by atoms with Crippen LogP contribution in [0.4, 0.5) is 18.0 Å². The summed E-state index contributed by atoms with van der Waals surface area (Å²) in [6.45, 7) is 1.71. The Morgan fingerprint density at radius 1 is 1.35 bits per heavy atom. The van der Waals surface area contributed by atoms with Crippen LogP contribution in [0.2, 0.25) is 0 Å². The monoisotopic (exact) mass is 331 g/mol. The molecule has 2 amide bonds. The Morgan fingerprint density at radius 3 is 2.48 bits per heavy atom. The van der Waals surface area contributed by atoms with Crippen LogP contribution in [0, 0.1) is 5.92 Å². The Hall–Kier alpha value is -1.99. The van der Waals surface area contributed by atoms with Gasteiger partial charge in [0.1, 0.15) is 0 Å². The molecule has 0 bridgehead atoms. The van der Waals surface area contributed by atoms with E-state index < -0.39 is 11.7 Å². The van der Waals surface area contributed by atoms with Gasteiger partial charge in [0.25, 0.3) is 0 Å². The highest BCUT2D eigenvalue weighted by molar-refractivity contribution is 5.73. The summed E-state index contributed by atoms with van der Waals surface area (Å²) in [4.78, 5) is 18.8. The summed E-state index contributed by atoms with van der Waals surface area (Å²) < 4.78 is 42.8. The zero-order valence-electron chi connectivity index (χ0n) is 13.1. The van der Waals surface area contributed by atoms with Crippen LogP contribution in [0.3, 0.4) is 0 Å². The van der Waals surface area contributed by atoms with Gasteiger partial charge in [-0.05, 0) is 24.8 Å². The number of carbonyl (C=O) groups excluding carboxylic acids is 1. The third-order valence-electron chi connectivity index (χ3n) is 3.80. The molecule has 5 nitrogen and oxygen atoms in total. The van der Waals surface area contributed by atoms with Crippen molar-refractivity contribution >= 4 is 6.03 Å². The summed E-state index contributed by atoms with van der Waals surface area (Å²) in [6.07, 6.45) is -2.01. The lowest BCUT2D eigenvalue weighted by Crippen LogP contribution is -2.44. The molecule has 1 saturated heterocycles. The van der Waals surface area contributed by atoms with E-state index in [0.717, 1.165) is 25.1 Å². The number of hydrogen-bond donors (Lipinski definition) is 0. The molecule has 1 aromatic rings. The molecule has 1 fully saturated rings. The average Bonchev–Trinajstić information content (AvgIpc) is 2.52. The Labute approximate surface area is 133 Å². The smallest absolute Gasteiger partial charge is 0.417 e. The van der Waals surface area contributed by atoms with Crippen molar-refractivity contribution in [2.24, 2.45) is 5.92 Å². The standard InChI is InChI=1S/C15H20F3N3O2/c1-20(2)14(22)21-7-5-11(6-8-21)10-23-13-4-3-12(9-19-13)15(16,17)18/h3-4,9,11H,5-8,10H2,1-2H3. The number of piperidine rings is 1. The fourth-order valence-corrected chi connectivity index (χ4v) is 2.41. The molecule has 128 valence electrons. The van der Waals surface area contributed by atoms with Crippen molar-refractivity contribution in [3.05, 3.63) is 23.9 Å². The largest absolute Gasteiger partial charge is 0.477 e. The first-order chi connectivity index (χ1) is 10.8. The van der Waals surface area contributed by atoms with Crippen molar-refractivity contribution in [3.8, 4) is 5.88 Å². The number of aromatic nitrogens is 1. The number of amides is 2. The second-order valence-electron chi connectivity index (χ2n) is 5.80. The molecule has 0 aliphatic carbocycles. The van der Waals surface area contributed by atoms with Gasteiger partial charge in [-0.3, -0.25) is 0 Å². The van der Waals surface area contributed by atoms with Gasteiger partial charge in [0.05, 0.1) is 12.2 Å². The zero-order chi connectivity index (χ0) is 17.0. The van der Waals surface area contributed by atoms with Gasteiger partial charge in [-0.2, -0.15) is 13.2 Å². The van der Waals surface area contributed by atoms with E-state index in [9.17, 15) is 18.0 Å². The molecule has 1 aromatic heterocycles. The molecule has 0 spiro atoms. The number of pyridine rings is 1. The fraction of sp³-hybridized carbons (Fsp3) is 0.600. The van der Waals surface area contributed by atoms with E-state index in [1.807, 2.05) is 0 Å². The maximum Gasteiger partial charge on any atom is 0.417 e. The van der Waals surface area contributed by atoms with Crippen molar-refractivity contribution < 1.29 is 22.7 Å². The third kappa shape index (κ3) is 4.74. The Kier molecular flexibility index (Phi) is 5.33. The second-order valence-corrected chi connectivity index (χ2v) is 5.80. The van der Waals surface area contributed by atoms with Crippen LogP contribution in [-0.4, -0.2) is 54.6 Å². The molecule has 2 heterocycles. The summed E-state index contributed by atoms with van der Waals surface area (Å²) in [5.41, 5.74) is -0.791. The van der Waals surface area contributed by atoms with E-state index in [2.05, 4.69) is 4.98 Å². The molecular weight excluding hydrogens is 311 g/mol. The van der Waals surface area contributed by atoms with E-state index in [4.69, 9.17) is 4.74 Å². The number of likely N-dealkylation sites (tertiary alicyclic amines) is 1. The fourth-order valence-electron chi connectivity index (χ4n) is 2.41. The highest BCUT2D eigenvalue weighted by Gasteiger charge is 2.30. The summed E-state index contributed by atoms with van der Waals surface area (Å²) in [5.74, 6) is 0.454. The molecule has 1 aliphatic rings. The topological polar surface area (TPSA) is 45.7 Å². The van der Waals surface area contributed by atoms with Crippen molar-refractivity contribution in [2.75, 3.05) is 33.8 Å². The number of halogens is 3. The van der Waals surface area contributed by atoms with E-state index in [1.54, 1.807) is 23.9 Å². The molecule has 8 heteroatoms. The van der Waals surface area contributed by atoms with Gasteiger partial charge in [-0.15, -0.1) is 0 Å². The minimum atomic E-state index is -4.39. The predicted octanol–water partition coefficient (Wildman–Crippen LogP) is 2.87. The third-order valence-corrected chi connectivity index (χ3v) is 3.80. The van der Waals surface area contributed by atoms with Crippen LogP contribution in [0.25, 0.3) is 0 Å². The summed E-state index contributed by atoms with van der Waals surface area (Å²) in [5, 5.41) is 0. The summed E-state index contributed by atoms with van der Waals surface area (Å²) in [7, 11) is 3.43. The van der Waals surface area contributed by atoms with Crippen molar-refractivity contribution in [2.45, 2.75) is 19.0 Å². The summed E-state index contributed by atoms with van der Waals surface area (Å²) in [6, 6.07) is 2.18. The highest BCUT2D eigenvalue weighted by atomic mass is 19.4. The Bertz CT molecular complexity index is 524. The lowest BCUT2D eigenvalue weighted by atomic mass is 9.98. The lowest BCUT2D eigenvalue weighted by Gasteiger charge is -2.33. The molecular formula is C15H20F3N3O2. The van der Waals surface area contributed by atoms with Gasteiger partial charge in [-0.1, -0.05) is 0 Å². The van der Waals surface area contributed by atoms with Crippen LogP contribution >= 0.6 is 0 Å². The average molecular weight is 331 g/mol. The maximum atomic E-state index is 12.4. The van der Waals surface area contributed by atoms with E-state index in [0.29, 0.717) is 19.7 Å². The maximum absolute atomic E-state index is 12.4. The molecule has 0 unspecified atom stereocenters. The van der Waals surface area contributed by atoms with Crippen LogP contribution in [0.5, 0.6) is 5.88 Å². The predicted molar refractivity (Wildman–Crippen MR) is 78.1 cm³/mol. The van der Waals surface area contributed by atoms with Crippen LogP contribution in [0.1, 0.15) is 18.4 Å². The van der Waals surface area contributed by atoms with Gasteiger partial charge >= 0.3 is 12.2 Å². The molecule has 0 atom stereocenters. The number of urea groups is 1. The first-order valence-electron chi connectivity index (χ1n) is 7.39. The van der Waals surface area contributed by atoms with Gasteiger partial charge < -0.3 is 14.5 Å². The van der Waals surface area contributed by atoms with Crippen LogP contribution < -0.4 is 4.74 Å².